The number of aldehydes is 1. The highest BCUT2D eigenvalue weighted by atomic mass is 16.5. The van der Waals surface area contributed by atoms with E-state index < -0.39 is 5.97 Å². The van der Waals surface area contributed by atoms with E-state index in [9.17, 15) is 9.59 Å². The molecule has 0 aliphatic rings. The molecule has 0 fully saturated rings. The van der Waals surface area contributed by atoms with Crippen molar-refractivity contribution in [1.82, 2.24) is 0 Å². The van der Waals surface area contributed by atoms with Crippen molar-refractivity contribution in [2.45, 2.75) is 6.92 Å². The van der Waals surface area contributed by atoms with Gasteiger partial charge in [0.15, 0.2) is 6.29 Å². The Kier molecular flexibility index (Phi) is 4.11. The van der Waals surface area contributed by atoms with Gasteiger partial charge in [0.1, 0.15) is 0 Å². The SMILES string of the molecule is CCOC(=O)C#Cc1ccccc1C=O. The van der Waals surface area contributed by atoms with Crippen molar-refractivity contribution in [3.05, 3.63) is 35.4 Å². The number of rotatable bonds is 2. The lowest BCUT2D eigenvalue weighted by atomic mass is 10.1. The third kappa shape index (κ3) is 3.28. The van der Waals surface area contributed by atoms with Crippen LogP contribution in [0.4, 0.5) is 0 Å². The molecule has 1 aromatic rings. The van der Waals surface area contributed by atoms with E-state index in [1.54, 1.807) is 31.2 Å². The van der Waals surface area contributed by atoms with Gasteiger partial charge in [-0.15, -0.1) is 0 Å². The Morgan fingerprint density at radius 1 is 1.47 bits per heavy atom. The molecule has 0 aromatic heterocycles. The number of ether oxygens (including phenoxy) is 1. The molecule has 3 heteroatoms. The van der Waals surface area contributed by atoms with Crippen molar-refractivity contribution in [3.8, 4) is 11.8 Å². The van der Waals surface area contributed by atoms with Crippen molar-refractivity contribution < 1.29 is 14.3 Å². The molecule has 0 saturated heterocycles. The molecule has 0 aliphatic heterocycles. The maximum atomic E-state index is 10.9. The van der Waals surface area contributed by atoms with Crippen molar-refractivity contribution in [3.63, 3.8) is 0 Å². The minimum absolute atomic E-state index is 0.294. The summed E-state index contributed by atoms with van der Waals surface area (Å²) in [5.74, 6) is 4.31. The largest absolute Gasteiger partial charge is 0.456 e. The van der Waals surface area contributed by atoms with E-state index in [1.165, 1.54) is 0 Å². The second kappa shape index (κ2) is 5.61. The van der Waals surface area contributed by atoms with Crippen molar-refractivity contribution in [2.24, 2.45) is 0 Å². The molecule has 0 amide bonds. The monoisotopic (exact) mass is 202 g/mol. The predicted molar refractivity (Wildman–Crippen MR) is 55.3 cm³/mol. The quantitative estimate of drug-likeness (QED) is 0.414. The van der Waals surface area contributed by atoms with Crippen LogP contribution in [0, 0.1) is 11.8 Å². The van der Waals surface area contributed by atoms with Crippen LogP contribution in [0.2, 0.25) is 0 Å². The zero-order valence-electron chi connectivity index (χ0n) is 8.32. The smallest absolute Gasteiger partial charge is 0.384 e. The number of carbonyl (C=O) groups is 2. The highest BCUT2D eigenvalue weighted by Gasteiger charge is 1.97. The van der Waals surface area contributed by atoms with Crippen LogP contribution in [-0.4, -0.2) is 18.9 Å². The van der Waals surface area contributed by atoms with Gasteiger partial charge in [-0.2, -0.15) is 0 Å². The second-order valence-corrected chi connectivity index (χ2v) is 2.68. The molecular weight excluding hydrogens is 192 g/mol. The molecule has 0 heterocycles. The fraction of sp³-hybridized carbons (Fsp3) is 0.167. The minimum Gasteiger partial charge on any atom is -0.456 e. The first-order valence-electron chi connectivity index (χ1n) is 4.51. The fourth-order valence-corrected chi connectivity index (χ4v) is 0.999. The molecule has 0 radical (unpaired) electrons. The Labute approximate surface area is 88.1 Å². The molecule has 1 rings (SSSR count). The van der Waals surface area contributed by atoms with Crippen LogP contribution in [0.15, 0.2) is 24.3 Å². The molecule has 0 atom stereocenters. The summed E-state index contributed by atoms with van der Waals surface area (Å²) >= 11 is 0. The average molecular weight is 202 g/mol. The van der Waals surface area contributed by atoms with Crippen LogP contribution in [0.25, 0.3) is 0 Å². The van der Waals surface area contributed by atoms with Gasteiger partial charge in [-0.05, 0) is 13.0 Å². The van der Waals surface area contributed by atoms with Crippen LogP contribution in [-0.2, 0) is 9.53 Å². The Bertz CT molecular complexity index is 424. The first kappa shape index (κ1) is 11.0. The van der Waals surface area contributed by atoms with Gasteiger partial charge < -0.3 is 4.74 Å². The first-order valence-corrected chi connectivity index (χ1v) is 4.51. The zero-order chi connectivity index (χ0) is 11.1. The highest BCUT2D eigenvalue weighted by molar-refractivity contribution is 5.90. The van der Waals surface area contributed by atoms with Crippen LogP contribution in [0.5, 0.6) is 0 Å². The van der Waals surface area contributed by atoms with Crippen molar-refractivity contribution in [2.75, 3.05) is 6.61 Å². The van der Waals surface area contributed by atoms with E-state index in [2.05, 4.69) is 16.6 Å². The van der Waals surface area contributed by atoms with E-state index in [0.29, 0.717) is 24.0 Å². The van der Waals surface area contributed by atoms with Gasteiger partial charge in [-0.25, -0.2) is 4.79 Å². The summed E-state index contributed by atoms with van der Waals surface area (Å²) in [6, 6.07) is 6.81. The van der Waals surface area contributed by atoms with Crippen LogP contribution in [0.3, 0.4) is 0 Å². The third-order valence-corrected chi connectivity index (χ3v) is 1.66. The van der Waals surface area contributed by atoms with Gasteiger partial charge in [0, 0.05) is 17.0 Å². The molecule has 0 N–H and O–H groups in total. The second-order valence-electron chi connectivity index (χ2n) is 2.68. The lowest BCUT2D eigenvalue weighted by Gasteiger charge is -1.94. The third-order valence-electron chi connectivity index (χ3n) is 1.66. The lowest BCUT2D eigenvalue weighted by molar-refractivity contribution is -0.136. The molecule has 1 aromatic carbocycles. The van der Waals surface area contributed by atoms with E-state index in [4.69, 9.17) is 0 Å². The van der Waals surface area contributed by atoms with Gasteiger partial charge in [0.2, 0.25) is 0 Å². The Morgan fingerprint density at radius 3 is 2.87 bits per heavy atom. The Hall–Kier alpha value is -2.08. The number of esters is 1. The van der Waals surface area contributed by atoms with E-state index in [0.717, 1.165) is 0 Å². The molecule has 0 saturated carbocycles. The summed E-state index contributed by atoms with van der Waals surface area (Å²) in [6.07, 6.45) is 0.704. The number of hydrogen-bond acceptors (Lipinski definition) is 3. The standard InChI is InChI=1S/C12H10O3/c1-2-15-12(14)8-7-10-5-3-4-6-11(10)9-13/h3-6,9H,2H2,1H3. The summed E-state index contributed by atoms with van der Waals surface area (Å²) in [5, 5.41) is 0. The Morgan fingerprint density at radius 2 is 2.20 bits per heavy atom. The summed E-state index contributed by atoms with van der Waals surface area (Å²) < 4.78 is 4.64. The van der Waals surface area contributed by atoms with Gasteiger partial charge in [0.25, 0.3) is 0 Å². The summed E-state index contributed by atoms with van der Waals surface area (Å²) in [7, 11) is 0. The molecule has 15 heavy (non-hydrogen) atoms. The summed E-state index contributed by atoms with van der Waals surface area (Å²) in [4.78, 5) is 21.5. The van der Waals surface area contributed by atoms with E-state index in [1.807, 2.05) is 0 Å². The fourth-order valence-electron chi connectivity index (χ4n) is 0.999. The molecule has 76 valence electrons. The van der Waals surface area contributed by atoms with Gasteiger partial charge >= 0.3 is 5.97 Å². The van der Waals surface area contributed by atoms with Crippen LogP contribution >= 0.6 is 0 Å². The molecule has 0 unspecified atom stereocenters. The topological polar surface area (TPSA) is 43.4 Å². The molecular formula is C12H10O3. The van der Waals surface area contributed by atoms with Gasteiger partial charge in [-0.1, -0.05) is 24.1 Å². The number of carbonyl (C=O) groups excluding carboxylic acids is 2. The van der Waals surface area contributed by atoms with Gasteiger partial charge in [-0.3, -0.25) is 4.79 Å². The minimum atomic E-state index is -0.585. The summed E-state index contributed by atoms with van der Waals surface area (Å²) in [5.41, 5.74) is 0.995. The maximum Gasteiger partial charge on any atom is 0.384 e. The zero-order valence-corrected chi connectivity index (χ0v) is 8.32. The lowest BCUT2D eigenvalue weighted by Crippen LogP contribution is -1.99. The normalized spacial score (nSPS) is 8.60. The van der Waals surface area contributed by atoms with Crippen molar-refractivity contribution >= 4 is 12.3 Å². The van der Waals surface area contributed by atoms with Crippen LogP contribution < -0.4 is 0 Å². The highest BCUT2D eigenvalue weighted by Crippen LogP contribution is 2.03. The maximum absolute atomic E-state index is 10.9. The van der Waals surface area contributed by atoms with Crippen LogP contribution in [0.1, 0.15) is 22.8 Å². The van der Waals surface area contributed by atoms with Crippen molar-refractivity contribution in [1.29, 1.82) is 0 Å². The average Bonchev–Trinajstić information content (AvgIpc) is 2.27. The molecule has 0 aliphatic carbocycles. The first-order chi connectivity index (χ1) is 7.27. The Balaban J connectivity index is 2.88. The summed E-state index contributed by atoms with van der Waals surface area (Å²) in [6.45, 7) is 2.00. The molecule has 0 bridgehead atoms. The van der Waals surface area contributed by atoms with Gasteiger partial charge in [0.05, 0.1) is 6.61 Å². The van der Waals surface area contributed by atoms with E-state index >= 15 is 0 Å². The number of benzene rings is 1. The molecule has 3 nitrogen and oxygen atoms in total. The predicted octanol–water partition coefficient (Wildman–Crippen LogP) is 1.41. The van der Waals surface area contributed by atoms with E-state index in [-0.39, 0.29) is 0 Å². The molecule has 0 spiro atoms. The number of hydrogen-bond donors (Lipinski definition) is 0.